The molecule has 5 nitrogen and oxygen atoms in total. The molecule has 1 heterocycles. The van der Waals surface area contributed by atoms with Gasteiger partial charge in [0.25, 0.3) is 0 Å². The number of anilines is 1. The van der Waals surface area contributed by atoms with Crippen LogP contribution in [0.1, 0.15) is 17.3 Å². The fraction of sp³-hybridized carbons (Fsp3) is 0.231. The van der Waals surface area contributed by atoms with E-state index in [0.29, 0.717) is 10.7 Å². The number of amides is 1. The van der Waals surface area contributed by atoms with Gasteiger partial charge in [0, 0.05) is 18.8 Å². The number of para-hydroxylation sites is 1. The lowest BCUT2D eigenvalue weighted by Gasteiger charge is -2.17. The van der Waals surface area contributed by atoms with E-state index in [1.165, 1.54) is 0 Å². The maximum absolute atomic E-state index is 11.7. The van der Waals surface area contributed by atoms with Crippen molar-refractivity contribution in [2.45, 2.75) is 13.0 Å². The van der Waals surface area contributed by atoms with Gasteiger partial charge < -0.3 is 11.1 Å². The molecule has 100 valence electrons. The van der Waals surface area contributed by atoms with Crippen molar-refractivity contribution in [3.05, 3.63) is 46.7 Å². The zero-order valence-electron chi connectivity index (χ0n) is 10.7. The highest BCUT2D eigenvalue weighted by Gasteiger charge is 2.22. The second kappa shape index (κ2) is 5.32. The van der Waals surface area contributed by atoms with E-state index in [9.17, 15) is 4.79 Å². The number of nitrogens with two attached hydrogens (primary N) is 1. The molecule has 0 aliphatic carbocycles. The molecule has 0 spiro atoms. The number of nitrogens with zero attached hydrogens (tertiary/aromatic N) is 2. The van der Waals surface area contributed by atoms with Crippen LogP contribution in [0.3, 0.4) is 0 Å². The summed E-state index contributed by atoms with van der Waals surface area (Å²) >= 11 is 6.07. The average molecular weight is 279 g/mol. The number of hydrogen-bond acceptors (Lipinski definition) is 3. The van der Waals surface area contributed by atoms with Gasteiger partial charge in [-0.25, -0.2) is 0 Å². The molecule has 19 heavy (non-hydrogen) atoms. The fourth-order valence-electron chi connectivity index (χ4n) is 1.94. The van der Waals surface area contributed by atoms with E-state index in [-0.39, 0.29) is 0 Å². The second-order valence-corrected chi connectivity index (χ2v) is 4.71. The number of aromatic nitrogens is 2. The summed E-state index contributed by atoms with van der Waals surface area (Å²) in [4.78, 5) is 11.7. The zero-order chi connectivity index (χ0) is 14.0. The molecule has 0 saturated carbocycles. The van der Waals surface area contributed by atoms with Gasteiger partial charge in [-0.05, 0) is 19.1 Å². The van der Waals surface area contributed by atoms with E-state index in [1.807, 2.05) is 19.1 Å². The van der Waals surface area contributed by atoms with E-state index in [4.69, 9.17) is 17.3 Å². The van der Waals surface area contributed by atoms with Gasteiger partial charge in [0.2, 0.25) is 5.91 Å². The number of rotatable bonds is 4. The molecular weight excluding hydrogens is 264 g/mol. The van der Waals surface area contributed by atoms with Crippen LogP contribution in [0.5, 0.6) is 0 Å². The van der Waals surface area contributed by atoms with Crippen molar-refractivity contribution in [3.8, 4) is 0 Å². The van der Waals surface area contributed by atoms with Crippen molar-refractivity contribution in [1.29, 1.82) is 0 Å². The minimum Gasteiger partial charge on any atom is -0.369 e. The molecular formula is C13H15ClN4O. The molecule has 6 heteroatoms. The van der Waals surface area contributed by atoms with Crippen molar-refractivity contribution in [2.24, 2.45) is 12.8 Å². The third-order valence-corrected chi connectivity index (χ3v) is 3.15. The van der Waals surface area contributed by atoms with E-state index in [2.05, 4.69) is 10.4 Å². The van der Waals surface area contributed by atoms with E-state index < -0.39 is 11.9 Å². The molecule has 0 aliphatic rings. The van der Waals surface area contributed by atoms with Crippen LogP contribution in [-0.2, 0) is 11.8 Å². The number of benzene rings is 1. The third-order valence-electron chi connectivity index (χ3n) is 2.82. The summed E-state index contributed by atoms with van der Waals surface area (Å²) in [6.45, 7) is 1.83. The number of halogens is 1. The first-order valence-corrected chi connectivity index (χ1v) is 6.17. The highest BCUT2D eigenvalue weighted by atomic mass is 35.5. The molecule has 0 aliphatic heterocycles. The number of aryl methyl sites for hydroxylation is 2. The summed E-state index contributed by atoms with van der Waals surface area (Å²) in [5, 5.41) is 7.81. The Morgan fingerprint density at radius 1 is 1.47 bits per heavy atom. The molecule has 0 bridgehead atoms. The largest absolute Gasteiger partial charge is 0.369 e. The SMILES string of the molecule is Cc1nn(C)cc1C(Nc1ccccc1Cl)C(N)=O. The number of primary amides is 1. The van der Waals surface area contributed by atoms with Gasteiger partial charge in [-0.1, -0.05) is 23.7 Å². The minimum atomic E-state index is -0.659. The fourth-order valence-corrected chi connectivity index (χ4v) is 2.13. The Morgan fingerprint density at radius 2 is 2.16 bits per heavy atom. The molecule has 1 amide bonds. The Morgan fingerprint density at radius 3 is 2.68 bits per heavy atom. The van der Waals surface area contributed by atoms with E-state index >= 15 is 0 Å². The van der Waals surface area contributed by atoms with Crippen molar-refractivity contribution >= 4 is 23.2 Å². The van der Waals surface area contributed by atoms with Crippen molar-refractivity contribution in [2.75, 3.05) is 5.32 Å². The van der Waals surface area contributed by atoms with Crippen LogP contribution in [0.4, 0.5) is 5.69 Å². The first-order chi connectivity index (χ1) is 8.99. The van der Waals surface area contributed by atoms with Crippen LogP contribution in [0.2, 0.25) is 5.02 Å². The maximum atomic E-state index is 11.7. The standard InChI is InChI=1S/C13H15ClN4O/c1-8-9(7-18(2)17-8)12(13(15)19)16-11-6-4-3-5-10(11)14/h3-7,12,16H,1-2H3,(H2,15,19). The molecule has 2 rings (SSSR count). The van der Waals surface area contributed by atoms with Gasteiger partial charge in [0.15, 0.2) is 0 Å². The predicted octanol–water partition coefficient (Wildman–Crippen LogP) is 2.02. The van der Waals surface area contributed by atoms with Crippen LogP contribution in [-0.4, -0.2) is 15.7 Å². The van der Waals surface area contributed by atoms with Gasteiger partial charge in [-0.3, -0.25) is 9.48 Å². The van der Waals surface area contributed by atoms with Crippen LogP contribution < -0.4 is 11.1 Å². The highest BCUT2D eigenvalue weighted by molar-refractivity contribution is 6.33. The van der Waals surface area contributed by atoms with Gasteiger partial charge in [-0.2, -0.15) is 5.10 Å². The molecule has 3 N–H and O–H groups in total. The Bertz CT molecular complexity index is 608. The van der Waals surface area contributed by atoms with Crippen LogP contribution in [0.15, 0.2) is 30.5 Å². The molecule has 1 aromatic heterocycles. The lowest BCUT2D eigenvalue weighted by Crippen LogP contribution is -2.28. The first-order valence-electron chi connectivity index (χ1n) is 5.79. The van der Waals surface area contributed by atoms with E-state index in [1.54, 1.807) is 30.1 Å². The lowest BCUT2D eigenvalue weighted by molar-refractivity contribution is -0.118. The molecule has 0 fully saturated rings. The van der Waals surface area contributed by atoms with Gasteiger partial charge in [0.05, 0.1) is 16.4 Å². The minimum absolute atomic E-state index is 0.476. The van der Waals surface area contributed by atoms with Crippen LogP contribution in [0.25, 0.3) is 0 Å². The summed E-state index contributed by atoms with van der Waals surface area (Å²) in [5.41, 5.74) is 7.63. The zero-order valence-corrected chi connectivity index (χ0v) is 11.5. The first kappa shape index (κ1) is 13.4. The van der Waals surface area contributed by atoms with Crippen molar-refractivity contribution in [3.63, 3.8) is 0 Å². The molecule has 1 aromatic carbocycles. The molecule has 1 unspecified atom stereocenters. The number of carbonyl (C=O) groups excluding carboxylic acids is 1. The summed E-state index contributed by atoms with van der Waals surface area (Å²) in [6.07, 6.45) is 1.77. The Labute approximate surface area is 116 Å². The van der Waals surface area contributed by atoms with Crippen molar-refractivity contribution < 1.29 is 4.79 Å². The lowest BCUT2D eigenvalue weighted by atomic mass is 10.1. The monoisotopic (exact) mass is 278 g/mol. The predicted molar refractivity (Wildman–Crippen MR) is 75.0 cm³/mol. The summed E-state index contributed by atoms with van der Waals surface area (Å²) < 4.78 is 1.65. The van der Waals surface area contributed by atoms with Gasteiger partial charge in [-0.15, -0.1) is 0 Å². The topological polar surface area (TPSA) is 72.9 Å². The quantitative estimate of drug-likeness (QED) is 0.899. The van der Waals surface area contributed by atoms with Crippen LogP contribution >= 0.6 is 11.6 Å². The second-order valence-electron chi connectivity index (χ2n) is 4.30. The average Bonchev–Trinajstić information content (AvgIpc) is 2.67. The number of hydrogen-bond donors (Lipinski definition) is 2. The molecule has 0 radical (unpaired) electrons. The third kappa shape index (κ3) is 2.88. The van der Waals surface area contributed by atoms with Crippen molar-refractivity contribution in [1.82, 2.24) is 9.78 Å². The smallest absolute Gasteiger partial charge is 0.244 e. The van der Waals surface area contributed by atoms with Crippen LogP contribution in [0, 0.1) is 6.92 Å². The highest BCUT2D eigenvalue weighted by Crippen LogP contribution is 2.26. The molecule has 1 atom stereocenters. The van der Waals surface area contributed by atoms with E-state index in [0.717, 1.165) is 11.3 Å². The normalized spacial score (nSPS) is 12.2. The molecule has 0 saturated heterocycles. The summed E-state index contributed by atoms with van der Waals surface area (Å²) in [6, 6.07) is 6.54. The Hall–Kier alpha value is -2.01. The molecule has 2 aromatic rings. The Kier molecular flexibility index (Phi) is 3.76. The maximum Gasteiger partial charge on any atom is 0.244 e. The van der Waals surface area contributed by atoms with Gasteiger partial charge >= 0.3 is 0 Å². The number of nitrogens with one attached hydrogen (secondary N) is 1. The summed E-state index contributed by atoms with van der Waals surface area (Å²) in [7, 11) is 1.80. The summed E-state index contributed by atoms with van der Waals surface area (Å²) in [5.74, 6) is -0.476. The number of carbonyl (C=O) groups is 1. The van der Waals surface area contributed by atoms with Gasteiger partial charge in [0.1, 0.15) is 6.04 Å². The Balaban J connectivity index is 2.35.